The second kappa shape index (κ2) is 8.52. The molecule has 142 valence electrons. The molecule has 0 unspecified atom stereocenters. The van der Waals surface area contributed by atoms with Crippen LogP contribution in [0, 0.1) is 11.8 Å². The van der Waals surface area contributed by atoms with Crippen molar-refractivity contribution in [2.75, 3.05) is 26.2 Å². The topological polar surface area (TPSA) is 52.7 Å². The van der Waals surface area contributed by atoms with Gasteiger partial charge < -0.3 is 10.2 Å². The number of hydrogen-bond donors (Lipinski definition) is 1. The number of carbonyl (C=O) groups excluding carboxylic acids is 2. The third kappa shape index (κ3) is 5.44. The molecule has 0 radical (unpaired) electrons. The van der Waals surface area contributed by atoms with E-state index in [1.165, 1.54) is 0 Å². The van der Waals surface area contributed by atoms with E-state index < -0.39 is 0 Å². The van der Waals surface area contributed by atoms with Crippen molar-refractivity contribution in [2.24, 2.45) is 11.8 Å². The fraction of sp³-hybridized carbons (Fsp3) is 0.900. The van der Waals surface area contributed by atoms with E-state index in [0.29, 0.717) is 30.3 Å². The van der Waals surface area contributed by atoms with E-state index in [-0.39, 0.29) is 11.8 Å². The zero-order valence-electron chi connectivity index (χ0n) is 16.0. The lowest BCUT2D eigenvalue weighted by Crippen LogP contribution is -2.51. The molecule has 2 saturated heterocycles. The normalized spacial score (nSPS) is 26.0. The average Bonchev–Trinajstić information content (AvgIpc) is 3.44. The summed E-state index contributed by atoms with van der Waals surface area (Å²) in [7, 11) is 0. The summed E-state index contributed by atoms with van der Waals surface area (Å²) < 4.78 is 0. The summed E-state index contributed by atoms with van der Waals surface area (Å²) in [4.78, 5) is 29.2. The third-order valence-electron chi connectivity index (χ3n) is 6.02. The summed E-state index contributed by atoms with van der Waals surface area (Å²) in [6.45, 7) is 8.13. The van der Waals surface area contributed by atoms with Gasteiger partial charge in [-0.15, -0.1) is 0 Å². The summed E-state index contributed by atoms with van der Waals surface area (Å²) in [6.07, 6.45) is 8.27. The molecule has 1 atom stereocenters. The van der Waals surface area contributed by atoms with Gasteiger partial charge in [-0.25, -0.2) is 0 Å². The first-order chi connectivity index (χ1) is 12.0. The summed E-state index contributed by atoms with van der Waals surface area (Å²) in [5.41, 5.74) is 0. The first-order valence-corrected chi connectivity index (χ1v) is 10.3. The molecule has 0 aromatic rings. The molecule has 25 heavy (non-hydrogen) atoms. The summed E-state index contributed by atoms with van der Waals surface area (Å²) >= 11 is 0. The number of rotatable bonds is 6. The van der Waals surface area contributed by atoms with E-state index in [4.69, 9.17) is 0 Å². The van der Waals surface area contributed by atoms with Crippen molar-refractivity contribution in [1.29, 1.82) is 0 Å². The van der Waals surface area contributed by atoms with E-state index in [1.54, 1.807) is 0 Å². The highest BCUT2D eigenvalue weighted by Gasteiger charge is 2.34. The molecule has 1 saturated carbocycles. The van der Waals surface area contributed by atoms with Crippen LogP contribution in [0.25, 0.3) is 0 Å². The highest BCUT2D eigenvalue weighted by atomic mass is 16.2. The maximum atomic E-state index is 12.4. The predicted octanol–water partition coefficient (Wildman–Crippen LogP) is 2.40. The van der Waals surface area contributed by atoms with Crippen LogP contribution in [0.4, 0.5) is 0 Å². The molecule has 3 aliphatic rings. The number of hydrogen-bond acceptors (Lipinski definition) is 3. The standard InChI is InChI=1S/C20H35N3O2/c1-15(2)5-8-19(24)22-12-9-18(10-13-22)23-11-3-4-16(14-23)20(25)21-17-6-7-17/h15-18H,3-14H2,1-2H3,(H,21,25)/t16-/m0/s1. The zero-order valence-corrected chi connectivity index (χ0v) is 16.0. The monoisotopic (exact) mass is 349 g/mol. The Balaban J connectivity index is 1.42. The van der Waals surface area contributed by atoms with Crippen LogP contribution in [0.5, 0.6) is 0 Å². The lowest BCUT2D eigenvalue weighted by Gasteiger charge is -2.42. The molecule has 0 bridgehead atoms. The van der Waals surface area contributed by atoms with Gasteiger partial charge in [-0.3, -0.25) is 14.5 Å². The van der Waals surface area contributed by atoms with Crippen LogP contribution in [0.2, 0.25) is 0 Å². The Labute approximate surface area is 152 Å². The van der Waals surface area contributed by atoms with Gasteiger partial charge in [-0.1, -0.05) is 13.8 Å². The Bertz CT molecular complexity index is 468. The van der Waals surface area contributed by atoms with E-state index in [2.05, 4.69) is 29.0 Å². The van der Waals surface area contributed by atoms with Crippen molar-refractivity contribution in [3.8, 4) is 0 Å². The SMILES string of the molecule is CC(C)CCC(=O)N1CCC(N2CCC[C@H](C(=O)NC3CC3)C2)CC1. The molecule has 1 N–H and O–H groups in total. The summed E-state index contributed by atoms with van der Waals surface area (Å²) in [6, 6.07) is 1.01. The Morgan fingerprint density at radius 1 is 1.04 bits per heavy atom. The van der Waals surface area contributed by atoms with Crippen molar-refractivity contribution in [3.05, 3.63) is 0 Å². The molecule has 3 rings (SSSR count). The van der Waals surface area contributed by atoms with Crippen molar-refractivity contribution in [2.45, 2.75) is 77.3 Å². The van der Waals surface area contributed by atoms with E-state index in [0.717, 1.165) is 71.1 Å². The van der Waals surface area contributed by atoms with Crippen LogP contribution in [-0.4, -0.2) is 59.9 Å². The number of piperidine rings is 2. The Hall–Kier alpha value is -1.10. The predicted molar refractivity (Wildman–Crippen MR) is 99.1 cm³/mol. The minimum absolute atomic E-state index is 0.167. The van der Waals surface area contributed by atoms with Crippen LogP contribution < -0.4 is 5.32 Å². The number of nitrogens with zero attached hydrogens (tertiary/aromatic N) is 2. The smallest absolute Gasteiger partial charge is 0.224 e. The molecule has 0 aromatic carbocycles. The fourth-order valence-corrected chi connectivity index (χ4v) is 4.15. The van der Waals surface area contributed by atoms with E-state index >= 15 is 0 Å². The molecule has 2 aliphatic heterocycles. The molecule has 3 fully saturated rings. The Morgan fingerprint density at radius 3 is 2.40 bits per heavy atom. The van der Waals surface area contributed by atoms with Crippen LogP contribution in [0.3, 0.4) is 0 Å². The highest BCUT2D eigenvalue weighted by molar-refractivity contribution is 5.79. The molecule has 0 spiro atoms. The molecular weight excluding hydrogens is 314 g/mol. The van der Waals surface area contributed by atoms with Gasteiger partial charge in [0.15, 0.2) is 0 Å². The van der Waals surface area contributed by atoms with Crippen LogP contribution in [0.15, 0.2) is 0 Å². The van der Waals surface area contributed by atoms with Gasteiger partial charge in [-0.2, -0.15) is 0 Å². The largest absolute Gasteiger partial charge is 0.353 e. The number of amides is 2. The molecule has 0 aromatic heterocycles. The number of nitrogens with one attached hydrogen (secondary N) is 1. The second-order valence-electron chi connectivity index (χ2n) is 8.66. The molecular formula is C20H35N3O2. The average molecular weight is 350 g/mol. The Kier molecular flexibility index (Phi) is 6.37. The van der Waals surface area contributed by atoms with Crippen molar-refractivity contribution in [1.82, 2.24) is 15.1 Å². The highest BCUT2D eigenvalue weighted by Crippen LogP contribution is 2.26. The molecule has 2 amide bonds. The third-order valence-corrected chi connectivity index (χ3v) is 6.02. The maximum absolute atomic E-state index is 12.4. The first-order valence-electron chi connectivity index (χ1n) is 10.3. The number of carbonyl (C=O) groups is 2. The summed E-state index contributed by atoms with van der Waals surface area (Å²) in [5.74, 6) is 1.36. The quantitative estimate of drug-likeness (QED) is 0.801. The van der Waals surface area contributed by atoms with Crippen LogP contribution in [-0.2, 0) is 9.59 Å². The van der Waals surface area contributed by atoms with E-state index in [9.17, 15) is 9.59 Å². The zero-order chi connectivity index (χ0) is 17.8. The maximum Gasteiger partial charge on any atom is 0.224 e. The lowest BCUT2D eigenvalue weighted by atomic mass is 9.93. The fourth-order valence-electron chi connectivity index (χ4n) is 4.15. The minimum atomic E-state index is 0.167. The van der Waals surface area contributed by atoms with Gasteiger partial charge in [0.2, 0.25) is 11.8 Å². The lowest BCUT2D eigenvalue weighted by molar-refractivity contribution is -0.133. The summed E-state index contributed by atoms with van der Waals surface area (Å²) in [5, 5.41) is 3.17. The molecule has 2 heterocycles. The second-order valence-corrected chi connectivity index (χ2v) is 8.66. The number of likely N-dealkylation sites (tertiary alicyclic amines) is 2. The van der Waals surface area contributed by atoms with E-state index in [1.807, 2.05) is 0 Å². The van der Waals surface area contributed by atoms with Crippen LogP contribution in [0.1, 0.15) is 65.2 Å². The Morgan fingerprint density at radius 2 is 1.76 bits per heavy atom. The van der Waals surface area contributed by atoms with Crippen molar-refractivity contribution in [3.63, 3.8) is 0 Å². The molecule has 5 heteroatoms. The van der Waals surface area contributed by atoms with Gasteiger partial charge in [0, 0.05) is 38.1 Å². The molecule has 5 nitrogen and oxygen atoms in total. The van der Waals surface area contributed by atoms with Gasteiger partial charge >= 0.3 is 0 Å². The molecule has 1 aliphatic carbocycles. The first kappa shape index (κ1) is 18.7. The van der Waals surface area contributed by atoms with Crippen molar-refractivity contribution >= 4 is 11.8 Å². The van der Waals surface area contributed by atoms with Crippen molar-refractivity contribution < 1.29 is 9.59 Å². The van der Waals surface area contributed by atoms with Gasteiger partial charge in [0.1, 0.15) is 0 Å². The minimum Gasteiger partial charge on any atom is -0.353 e. The van der Waals surface area contributed by atoms with Gasteiger partial charge in [0.05, 0.1) is 5.92 Å². The van der Waals surface area contributed by atoms with Gasteiger partial charge in [-0.05, 0) is 57.4 Å². The van der Waals surface area contributed by atoms with Gasteiger partial charge in [0.25, 0.3) is 0 Å². The van der Waals surface area contributed by atoms with Crippen LogP contribution >= 0.6 is 0 Å².